The van der Waals surface area contributed by atoms with E-state index in [0.717, 1.165) is 11.1 Å². The zero-order valence-electron chi connectivity index (χ0n) is 16.5. The first-order chi connectivity index (χ1) is 14.4. The molecule has 0 heterocycles. The van der Waals surface area contributed by atoms with Crippen LogP contribution in [0.5, 0.6) is 0 Å². The molecule has 7 nitrogen and oxygen atoms in total. The third kappa shape index (κ3) is 4.52. The van der Waals surface area contributed by atoms with E-state index in [9.17, 15) is 19.7 Å². The van der Waals surface area contributed by atoms with Gasteiger partial charge in [-0.15, -0.1) is 0 Å². The molecule has 3 aromatic carbocycles. The molecule has 0 bridgehead atoms. The molecule has 0 aliphatic rings. The van der Waals surface area contributed by atoms with Crippen molar-refractivity contribution in [3.05, 3.63) is 105 Å². The van der Waals surface area contributed by atoms with Crippen molar-refractivity contribution >= 4 is 23.1 Å². The molecule has 7 heteroatoms. The summed E-state index contributed by atoms with van der Waals surface area (Å²) in [6.07, 6.45) is 0. The molecule has 3 rings (SSSR count). The molecule has 1 N–H and O–H groups in total. The summed E-state index contributed by atoms with van der Waals surface area (Å²) in [6.45, 7) is 2.04. The topological polar surface area (TPSA) is 98.5 Å². The van der Waals surface area contributed by atoms with Crippen LogP contribution in [-0.2, 0) is 11.3 Å². The average Bonchev–Trinajstić information content (AvgIpc) is 2.77. The molecule has 0 radical (unpaired) electrons. The lowest BCUT2D eigenvalue weighted by molar-refractivity contribution is -0.384. The van der Waals surface area contributed by atoms with Gasteiger partial charge in [0.15, 0.2) is 5.78 Å². The van der Waals surface area contributed by atoms with E-state index < -0.39 is 16.7 Å². The van der Waals surface area contributed by atoms with Gasteiger partial charge >= 0.3 is 5.97 Å². The van der Waals surface area contributed by atoms with Gasteiger partial charge in [0.25, 0.3) is 5.69 Å². The van der Waals surface area contributed by atoms with Gasteiger partial charge in [0.2, 0.25) is 0 Å². The summed E-state index contributed by atoms with van der Waals surface area (Å²) >= 11 is 0. The van der Waals surface area contributed by atoms with Crippen molar-refractivity contribution in [1.82, 2.24) is 0 Å². The number of nitro groups is 1. The van der Waals surface area contributed by atoms with Crippen LogP contribution in [0.25, 0.3) is 0 Å². The molecule has 152 valence electrons. The molecule has 0 aliphatic heterocycles. The molecule has 0 saturated carbocycles. The molecular formula is C23H20N2O5. The first kappa shape index (κ1) is 20.7. The first-order valence-corrected chi connectivity index (χ1v) is 9.23. The number of nitro benzene ring substituents is 1. The van der Waals surface area contributed by atoms with E-state index in [0.29, 0.717) is 5.69 Å². The maximum Gasteiger partial charge on any atom is 0.339 e. The number of ketones is 1. The van der Waals surface area contributed by atoms with Crippen molar-refractivity contribution in [2.24, 2.45) is 0 Å². The number of esters is 1. The van der Waals surface area contributed by atoms with Gasteiger partial charge in [0.05, 0.1) is 10.5 Å². The Labute approximate surface area is 173 Å². The quantitative estimate of drug-likeness (QED) is 0.269. The highest BCUT2D eigenvalue weighted by molar-refractivity contribution is 6.14. The number of hydrogen-bond acceptors (Lipinski definition) is 6. The van der Waals surface area contributed by atoms with Crippen molar-refractivity contribution in [3.8, 4) is 0 Å². The van der Waals surface area contributed by atoms with Gasteiger partial charge < -0.3 is 10.1 Å². The third-order valence-corrected chi connectivity index (χ3v) is 4.61. The minimum absolute atomic E-state index is 0.0734. The zero-order valence-corrected chi connectivity index (χ0v) is 16.5. The lowest BCUT2D eigenvalue weighted by Crippen LogP contribution is -2.13. The second-order valence-corrected chi connectivity index (χ2v) is 6.68. The fourth-order valence-corrected chi connectivity index (χ4v) is 2.96. The van der Waals surface area contributed by atoms with E-state index in [4.69, 9.17) is 4.74 Å². The summed E-state index contributed by atoms with van der Waals surface area (Å²) in [5.74, 6) is -1.13. The normalized spacial score (nSPS) is 10.3. The lowest BCUT2D eigenvalue weighted by atomic mass is 9.97. The molecule has 0 aliphatic carbocycles. The largest absolute Gasteiger partial charge is 0.457 e. The van der Waals surface area contributed by atoms with E-state index in [1.807, 2.05) is 31.2 Å². The molecule has 0 fully saturated rings. The van der Waals surface area contributed by atoms with E-state index in [1.165, 1.54) is 30.3 Å². The Hall–Kier alpha value is -4.00. The van der Waals surface area contributed by atoms with Gasteiger partial charge in [-0.2, -0.15) is 0 Å². The smallest absolute Gasteiger partial charge is 0.339 e. The first-order valence-electron chi connectivity index (χ1n) is 9.23. The van der Waals surface area contributed by atoms with Crippen LogP contribution in [0.2, 0.25) is 0 Å². The Morgan fingerprint density at radius 2 is 1.67 bits per heavy atom. The van der Waals surface area contributed by atoms with Gasteiger partial charge in [0.1, 0.15) is 12.3 Å². The van der Waals surface area contributed by atoms with Crippen molar-refractivity contribution in [2.75, 3.05) is 12.4 Å². The Morgan fingerprint density at radius 3 is 2.30 bits per heavy atom. The number of aryl methyl sites for hydroxylation is 1. The average molecular weight is 404 g/mol. The minimum Gasteiger partial charge on any atom is -0.457 e. The van der Waals surface area contributed by atoms with Gasteiger partial charge in [-0.05, 0) is 30.7 Å². The van der Waals surface area contributed by atoms with E-state index in [1.54, 1.807) is 19.2 Å². The Kier molecular flexibility index (Phi) is 6.22. The SMILES string of the molecule is CNc1ccc(C(=O)c2ccccc2C(=O)OCc2ccc(C)cc2)cc1[N+](=O)[O-]. The number of anilines is 1. The number of rotatable bonds is 7. The monoisotopic (exact) mass is 404 g/mol. The highest BCUT2D eigenvalue weighted by Crippen LogP contribution is 2.27. The van der Waals surface area contributed by atoms with E-state index in [-0.39, 0.29) is 29.0 Å². The molecule has 0 atom stereocenters. The summed E-state index contributed by atoms with van der Waals surface area (Å²) in [7, 11) is 1.56. The van der Waals surface area contributed by atoms with Gasteiger partial charge in [-0.25, -0.2) is 4.79 Å². The molecule has 0 spiro atoms. The van der Waals surface area contributed by atoms with Crippen LogP contribution in [0, 0.1) is 17.0 Å². The number of nitrogens with zero attached hydrogens (tertiary/aromatic N) is 1. The molecule has 0 aromatic heterocycles. The predicted octanol–water partition coefficient (Wildman–Crippen LogP) is 4.53. The predicted molar refractivity (Wildman–Crippen MR) is 113 cm³/mol. The number of nitrogens with one attached hydrogen (secondary N) is 1. The molecular weight excluding hydrogens is 384 g/mol. The van der Waals surface area contributed by atoms with Crippen LogP contribution in [0.4, 0.5) is 11.4 Å². The van der Waals surface area contributed by atoms with Crippen molar-refractivity contribution in [2.45, 2.75) is 13.5 Å². The number of hydrogen-bond donors (Lipinski definition) is 1. The van der Waals surface area contributed by atoms with Crippen LogP contribution >= 0.6 is 0 Å². The standard InChI is InChI=1S/C23H20N2O5/c1-15-7-9-16(10-8-15)14-30-23(27)19-6-4-3-5-18(19)22(26)17-11-12-20(24-2)21(13-17)25(28)29/h3-13,24H,14H2,1-2H3. The fourth-order valence-electron chi connectivity index (χ4n) is 2.96. The Bertz CT molecular complexity index is 1110. The van der Waals surface area contributed by atoms with Crippen molar-refractivity contribution in [1.29, 1.82) is 0 Å². The fraction of sp³-hybridized carbons (Fsp3) is 0.130. The van der Waals surface area contributed by atoms with E-state index in [2.05, 4.69) is 5.32 Å². The van der Waals surface area contributed by atoms with Gasteiger partial charge in [-0.1, -0.05) is 48.0 Å². The summed E-state index contributed by atoms with van der Waals surface area (Å²) in [4.78, 5) is 36.4. The van der Waals surface area contributed by atoms with Crippen LogP contribution in [0.3, 0.4) is 0 Å². The summed E-state index contributed by atoms with van der Waals surface area (Å²) in [6, 6.07) is 18.0. The van der Waals surface area contributed by atoms with Crippen LogP contribution in [0.1, 0.15) is 37.4 Å². The zero-order chi connectivity index (χ0) is 21.7. The van der Waals surface area contributed by atoms with Crippen LogP contribution in [0.15, 0.2) is 66.7 Å². The molecule has 0 unspecified atom stereocenters. The lowest BCUT2D eigenvalue weighted by Gasteiger charge is -2.10. The summed E-state index contributed by atoms with van der Waals surface area (Å²) in [5, 5.41) is 14.0. The van der Waals surface area contributed by atoms with Gasteiger partial charge in [-0.3, -0.25) is 14.9 Å². The molecule has 3 aromatic rings. The Morgan fingerprint density at radius 1 is 1.00 bits per heavy atom. The van der Waals surface area contributed by atoms with E-state index >= 15 is 0 Å². The Balaban J connectivity index is 1.86. The van der Waals surface area contributed by atoms with Gasteiger partial charge in [0, 0.05) is 24.2 Å². The summed E-state index contributed by atoms with van der Waals surface area (Å²) < 4.78 is 5.37. The maximum atomic E-state index is 13.0. The van der Waals surface area contributed by atoms with Crippen LogP contribution in [-0.4, -0.2) is 23.7 Å². The maximum absolute atomic E-state index is 13.0. The second-order valence-electron chi connectivity index (χ2n) is 6.68. The minimum atomic E-state index is -0.638. The van der Waals surface area contributed by atoms with Crippen LogP contribution < -0.4 is 5.32 Å². The highest BCUT2D eigenvalue weighted by Gasteiger charge is 2.22. The van der Waals surface area contributed by atoms with Crippen molar-refractivity contribution < 1.29 is 19.2 Å². The number of benzene rings is 3. The molecule has 30 heavy (non-hydrogen) atoms. The second kappa shape index (κ2) is 9.00. The number of ether oxygens (including phenoxy) is 1. The highest BCUT2D eigenvalue weighted by atomic mass is 16.6. The third-order valence-electron chi connectivity index (χ3n) is 4.61. The number of carbonyl (C=O) groups is 2. The molecule has 0 saturated heterocycles. The van der Waals surface area contributed by atoms with Crippen molar-refractivity contribution in [3.63, 3.8) is 0 Å². The molecule has 0 amide bonds. The number of carbonyl (C=O) groups excluding carboxylic acids is 2. The summed E-state index contributed by atoms with van der Waals surface area (Å²) in [5.41, 5.74) is 2.34.